The summed E-state index contributed by atoms with van der Waals surface area (Å²) in [5.41, 5.74) is -0.340. The average Bonchev–Trinajstić information content (AvgIpc) is 2.82. The number of ether oxygens (including phenoxy) is 1. The number of aromatic nitrogens is 2. The van der Waals surface area contributed by atoms with Gasteiger partial charge in [-0.25, -0.2) is 4.68 Å². The predicted molar refractivity (Wildman–Crippen MR) is 76.3 cm³/mol. The molecule has 0 saturated carbocycles. The normalized spacial score (nSPS) is 20.1. The summed E-state index contributed by atoms with van der Waals surface area (Å²) in [4.78, 5) is 0. The molecule has 1 aliphatic heterocycles. The molecule has 1 aromatic carbocycles. The third-order valence-electron chi connectivity index (χ3n) is 3.50. The van der Waals surface area contributed by atoms with Crippen LogP contribution in [0.5, 0.6) is 0 Å². The van der Waals surface area contributed by atoms with Crippen LogP contribution in [0.15, 0.2) is 16.7 Å². The summed E-state index contributed by atoms with van der Waals surface area (Å²) < 4.78 is 46.2. The van der Waals surface area contributed by atoms with Crippen LogP contribution in [0.2, 0.25) is 5.02 Å². The summed E-state index contributed by atoms with van der Waals surface area (Å²) in [6.07, 6.45) is -0.598. The van der Waals surface area contributed by atoms with E-state index in [1.54, 1.807) is 4.68 Å². The van der Waals surface area contributed by atoms with Gasteiger partial charge in [0.25, 0.3) is 0 Å². The average molecular weight is 384 g/mol. The van der Waals surface area contributed by atoms with Crippen LogP contribution in [0.1, 0.15) is 31.1 Å². The summed E-state index contributed by atoms with van der Waals surface area (Å²) in [6, 6.07) is 1.30. The Bertz CT molecular complexity index is 680. The highest BCUT2D eigenvalue weighted by Gasteiger charge is 2.37. The molecule has 1 fully saturated rings. The molecule has 2 heterocycles. The molecule has 0 bridgehead atoms. The number of hydrogen-bond donors (Lipinski definition) is 0. The highest BCUT2D eigenvalue weighted by Crippen LogP contribution is 2.43. The molecule has 3 rings (SSSR count). The second-order valence-electron chi connectivity index (χ2n) is 4.89. The number of rotatable bonds is 1. The van der Waals surface area contributed by atoms with Crippen molar-refractivity contribution < 1.29 is 17.9 Å². The molecule has 1 unspecified atom stereocenters. The minimum Gasteiger partial charge on any atom is -0.356 e. The highest BCUT2D eigenvalue weighted by atomic mass is 79.9. The zero-order chi connectivity index (χ0) is 15.2. The van der Waals surface area contributed by atoms with Crippen LogP contribution < -0.4 is 0 Å². The summed E-state index contributed by atoms with van der Waals surface area (Å²) in [5.74, 6) is 0. The van der Waals surface area contributed by atoms with Crippen LogP contribution in [0.25, 0.3) is 10.9 Å². The monoisotopic (exact) mass is 382 g/mol. The number of benzene rings is 1. The standard InChI is InChI=1S/C13H11BrClF3N2O/c14-12-7-6-19-20(10-3-1-2-4-21-10)9(7)5-8(15)11(12)13(16,17)18/h5-6,10H,1-4H2. The summed E-state index contributed by atoms with van der Waals surface area (Å²) >= 11 is 8.84. The summed E-state index contributed by atoms with van der Waals surface area (Å²) in [5, 5.41) is 4.21. The van der Waals surface area contributed by atoms with Crippen LogP contribution in [0.3, 0.4) is 0 Å². The van der Waals surface area contributed by atoms with E-state index in [1.165, 1.54) is 12.3 Å². The number of nitrogens with zero attached hydrogens (tertiary/aromatic N) is 2. The first-order valence-electron chi connectivity index (χ1n) is 6.43. The molecule has 0 amide bonds. The van der Waals surface area contributed by atoms with Crippen LogP contribution in [-0.2, 0) is 10.9 Å². The Kier molecular flexibility index (Phi) is 3.92. The van der Waals surface area contributed by atoms with Gasteiger partial charge in [0.2, 0.25) is 0 Å². The molecule has 1 atom stereocenters. The number of fused-ring (bicyclic) bond motifs is 1. The highest BCUT2D eigenvalue weighted by molar-refractivity contribution is 9.10. The molecule has 0 N–H and O–H groups in total. The first-order chi connectivity index (χ1) is 9.89. The van der Waals surface area contributed by atoms with E-state index in [0.29, 0.717) is 17.5 Å². The quantitative estimate of drug-likeness (QED) is 0.679. The van der Waals surface area contributed by atoms with Crippen molar-refractivity contribution in [1.82, 2.24) is 9.78 Å². The minimum absolute atomic E-state index is 0.0837. The SMILES string of the molecule is FC(F)(F)c1c(Cl)cc2c(cnn2C2CCCCO2)c1Br. The Hall–Kier alpha value is -0.790. The zero-order valence-electron chi connectivity index (χ0n) is 10.8. The van der Waals surface area contributed by atoms with Crippen molar-refractivity contribution in [2.75, 3.05) is 6.61 Å². The molecule has 0 spiro atoms. The van der Waals surface area contributed by atoms with Gasteiger partial charge in [-0.3, -0.25) is 0 Å². The number of hydrogen-bond acceptors (Lipinski definition) is 2. The van der Waals surface area contributed by atoms with Crippen LogP contribution in [0.4, 0.5) is 13.2 Å². The van der Waals surface area contributed by atoms with Gasteiger partial charge in [-0.15, -0.1) is 0 Å². The van der Waals surface area contributed by atoms with Gasteiger partial charge in [0.05, 0.1) is 22.3 Å². The third kappa shape index (κ3) is 2.66. The molecule has 114 valence electrons. The van der Waals surface area contributed by atoms with Crippen LogP contribution >= 0.6 is 27.5 Å². The third-order valence-corrected chi connectivity index (χ3v) is 4.63. The summed E-state index contributed by atoms with van der Waals surface area (Å²) in [6.45, 7) is 0.627. The Balaban J connectivity index is 2.15. The Morgan fingerprint density at radius 2 is 2.14 bits per heavy atom. The van der Waals surface area contributed by atoms with Gasteiger partial charge < -0.3 is 4.74 Å². The van der Waals surface area contributed by atoms with Crippen molar-refractivity contribution in [2.24, 2.45) is 0 Å². The van der Waals surface area contributed by atoms with E-state index in [4.69, 9.17) is 16.3 Å². The first kappa shape index (κ1) is 15.1. The Labute approximate surface area is 132 Å². The van der Waals surface area contributed by atoms with Gasteiger partial charge in [-0.1, -0.05) is 11.6 Å². The van der Waals surface area contributed by atoms with Gasteiger partial charge in [0.1, 0.15) is 0 Å². The largest absolute Gasteiger partial charge is 0.418 e. The van der Waals surface area contributed by atoms with Gasteiger partial charge in [-0.05, 0) is 41.3 Å². The van der Waals surface area contributed by atoms with Crippen LogP contribution in [0, 0.1) is 0 Å². The van der Waals surface area contributed by atoms with Gasteiger partial charge in [0, 0.05) is 16.5 Å². The van der Waals surface area contributed by atoms with Crippen molar-refractivity contribution in [3.8, 4) is 0 Å². The van der Waals surface area contributed by atoms with Gasteiger partial charge in [-0.2, -0.15) is 18.3 Å². The van der Waals surface area contributed by atoms with E-state index < -0.39 is 11.7 Å². The second-order valence-corrected chi connectivity index (χ2v) is 6.09. The molecule has 0 radical (unpaired) electrons. The fourth-order valence-corrected chi connectivity index (χ4v) is 3.69. The Morgan fingerprint density at radius 3 is 2.76 bits per heavy atom. The van der Waals surface area contributed by atoms with E-state index in [1.807, 2.05) is 0 Å². The smallest absolute Gasteiger partial charge is 0.356 e. The lowest BCUT2D eigenvalue weighted by Crippen LogP contribution is -2.19. The molecular weight excluding hydrogens is 373 g/mol. The van der Waals surface area contributed by atoms with E-state index in [9.17, 15) is 13.2 Å². The lowest BCUT2D eigenvalue weighted by molar-refractivity contribution is -0.138. The fraction of sp³-hybridized carbons (Fsp3) is 0.462. The Morgan fingerprint density at radius 1 is 1.38 bits per heavy atom. The van der Waals surface area contributed by atoms with Crippen molar-refractivity contribution in [1.29, 1.82) is 0 Å². The molecule has 3 nitrogen and oxygen atoms in total. The maximum atomic E-state index is 13.0. The second kappa shape index (κ2) is 5.44. The maximum Gasteiger partial charge on any atom is 0.418 e. The predicted octanol–water partition coefficient (Wildman–Crippen LogP) is 5.17. The minimum atomic E-state index is -4.52. The van der Waals surface area contributed by atoms with Crippen LogP contribution in [-0.4, -0.2) is 16.4 Å². The molecule has 1 aromatic heterocycles. The molecule has 21 heavy (non-hydrogen) atoms. The van der Waals surface area contributed by atoms with Crippen molar-refractivity contribution >= 4 is 38.4 Å². The lowest BCUT2D eigenvalue weighted by Gasteiger charge is -2.23. The molecule has 2 aromatic rings. The van der Waals surface area contributed by atoms with E-state index in [2.05, 4.69) is 21.0 Å². The van der Waals surface area contributed by atoms with Crippen molar-refractivity contribution in [2.45, 2.75) is 31.7 Å². The van der Waals surface area contributed by atoms with Crippen molar-refractivity contribution in [3.05, 3.63) is 27.3 Å². The molecule has 8 heteroatoms. The van der Waals surface area contributed by atoms with Gasteiger partial charge in [0.15, 0.2) is 6.23 Å². The van der Waals surface area contributed by atoms with E-state index in [0.717, 1.165) is 19.3 Å². The lowest BCUT2D eigenvalue weighted by atomic mass is 10.1. The molecule has 1 aliphatic rings. The topological polar surface area (TPSA) is 27.1 Å². The number of halogens is 5. The maximum absolute atomic E-state index is 13.0. The molecule has 1 saturated heterocycles. The molecule has 0 aliphatic carbocycles. The van der Waals surface area contributed by atoms with Crippen molar-refractivity contribution in [3.63, 3.8) is 0 Å². The summed E-state index contributed by atoms with van der Waals surface area (Å²) in [7, 11) is 0. The molecular formula is C13H11BrClF3N2O. The fourth-order valence-electron chi connectivity index (χ4n) is 2.52. The van der Waals surface area contributed by atoms with E-state index >= 15 is 0 Å². The van der Waals surface area contributed by atoms with Gasteiger partial charge >= 0.3 is 6.18 Å². The van der Waals surface area contributed by atoms with E-state index in [-0.39, 0.29) is 15.7 Å². The first-order valence-corrected chi connectivity index (χ1v) is 7.60. The number of alkyl halides is 3. The zero-order valence-corrected chi connectivity index (χ0v) is 13.1.